The Balaban J connectivity index is 2.43. The first kappa shape index (κ1) is 15.3. The number of methoxy groups -OCH3 is 1. The van der Waals surface area contributed by atoms with Crippen LogP contribution in [0.25, 0.3) is 0 Å². The Morgan fingerprint density at radius 3 is 2.40 bits per heavy atom. The van der Waals surface area contributed by atoms with Crippen molar-refractivity contribution in [2.75, 3.05) is 20.2 Å². The summed E-state index contributed by atoms with van der Waals surface area (Å²) in [6.07, 6.45) is 0. The summed E-state index contributed by atoms with van der Waals surface area (Å²) in [5.74, 6) is 1.11. The van der Waals surface area contributed by atoms with Gasteiger partial charge in [0.25, 0.3) is 0 Å². The maximum atomic E-state index is 12.8. The third kappa shape index (κ3) is 2.68. The lowest BCUT2D eigenvalue weighted by atomic mass is 10.0. The van der Waals surface area contributed by atoms with Crippen molar-refractivity contribution in [3.8, 4) is 5.75 Å². The summed E-state index contributed by atoms with van der Waals surface area (Å²) < 4.78 is 32.3. The van der Waals surface area contributed by atoms with E-state index in [1.54, 1.807) is 22.5 Å². The minimum absolute atomic E-state index is 0.212. The van der Waals surface area contributed by atoms with Crippen LogP contribution in [-0.2, 0) is 16.6 Å². The lowest BCUT2D eigenvalue weighted by Gasteiger charge is -2.18. The molecule has 0 amide bonds. The zero-order chi connectivity index (χ0) is 14.9. The topological polar surface area (TPSA) is 72.6 Å². The molecule has 0 radical (unpaired) electrons. The summed E-state index contributed by atoms with van der Waals surface area (Å²) in [4.78, 5) is 0.212. The standard InChI is InChI=1S/C14H22N2O3S/c1-10-8-16(9-11(10)2)20(17,18)14-6-12(7-15)4-5-13(14)19-3/h4-6,10-11H,7-9,15H2,1-3H3. The predicted octanol–water partition coefficient (Wildman–Crippen LogP) is 1.43. The van der Waals surface area contributed by atoms with Gasteiger partial charge in [-0.25, -0.2) is 8.42 Å². The van der Waals surface area contributed by atoms with Crippen LogP contribution < -0.4 is 10.5 Å². The number of rotatable bonds is 4. The molecule has 2 rings (SSSR count). The molecule has 2 unspecified atom stereocenters. The highest BCUT2D eigenvalue weighted by Crippen LogP contribution is 2.32. The molecule has 0 aliphatic carbocycles. The van der Waals surface area contributed by atoms with Crippen molar-refractivity contribution in [2.24, 2.45) is 17.6 Å². The molecule has 1 heterocycles. The van der Waals surface area contributed by atoms with Crippen LogP contribution in [-0.4, -0.2) is 32.9 Å². The van der Waals surface area contributed by atoms with Crippen LogP contribution >= 0.6 is 0 Å². The van der Waals surface area contributed by atoms with Gasteiger partial charge in [0.15, 0.2) is 0 Å². The van der Waals surface area contributed by atoms with Crippen LogP contribution in [0.4, 0.5) is 0 Å². The quantitative estimate of drug-likeness (QED) is 0.912. The van der Waals surface area contributed by atoms with E-state index >= 15 is 0 Å². The average molecular weight is 298 g/mol. The fraction of sp³-hybridized carbons (Fsp3) is 0.571. The van der Waals surface area contributed by atoms with Gasteiger partial charge in [-0.1, -0.05) is 19.9 Å². The number of benzene rings is 1. The SMILES string of the molecule is COc1ccc(CN)cc1S(=O)(=O)N1CC(C)C(C)C1. The normalized spacial score (nSPS) is 24.0. The molecule has 1 saturated heterocycles. The first-order valence-electron chi connectivity index (χ1n) is 6.77. The maximum Gasteiger partial charge on any atom is 0.246 e. The molecule has 1 aromatic carbocycles. The molecule has 5 nitrogen and oxygen atoms in total. The Kier molecular flexibility index (Phi) is 4.36. The lowest BCUT2D eigenvalue weighted by molar-refractivity contribution is 0.397. The smallest absolute Gasteiger partial charge is 0.246 e. The number of ether oxygens (including phenoxy) is 1. The summed E-state index contributed by atoms with van der Waals surface area (Å²) in [5, 5.41) is 0. The van der Waals surface area contributed by atoms with Gasteiger partial charge in [0.1, 0.15) is 10.6 Å². The molecule has 0 spiro atoms. The Morgan fingerprint density at radius 1 is 1.30 bits per heavy atom. The van der Waals surface area contributed by atoms with E-state index in [4.69, 9.17) is 10.5 Å². The Morgan fingerprint density at radius 2 is 1.90 bits per heavy atom. The van der Waals surface area contributed by atoms with Crippen LogP contribution in [0.2, 0.25) is 0 Å². The fourth-order valence-electron chi connectivity index (χ4n) is 2.46. The number of hydrogen-bond acceptors (Lipinski definition) is 4. The second-order valence-electron chi connectivity index (χ2n) is 5.47. The molecular weight excluding hydrogens is 276 g/mol. The highest BCUT2D eigenvalue weighted by atomic mass is 32.2. The van der Waals surface area contributed by atoms with Crippen molar-refractivity contribution in [1.29, 1.82) is 0 Å². The Hall–Kier alpha value is -1.11. The van der Waals surface area contributed by atoms with Crippen molar-refractivity contribution in [2.45, 2.75) is 25.3 Å². The number of nitrogens with zero attached hydrogens (tertiary/aromatic N) is 1. The second kappa shape index (κ2) is 5.71. The molecule has 2 atom stereocenters. The average Bonchev–Trinajstić information content (AvgIpc) is 2.78. The van der Waals surface area contributed by atoms with E-state index in [-0.39, 0.29) is 4.90 Å². The number of sulfonamides is 1. The van der Waals surface area contributed by atoms with E-state index in [2.05, 4.69) is 13.8 Å². The van der Waals surface area contributed by atoms with Crippen LogP contribution in [0.3, 0.4) is 0 Å². The summed E-state index contributed by atoms with van der Waals surface area (Å²) in [6.45, 7) is 5.57. The highest BCUT2D eigenvalue weighted by Gasteiger charge is 2.36. The van der Waals surface area contributed by atoms with E-state index in [0.29, 0.717) is 37.2 Å². The summed E-state index contributed by atoms with van der Waals surface area (Å²) in [5.41, 5.74) is 6.38. The molecule has 2 N–H and O–H groups in total. The number of hydrogen-bond donors (Lipinski definition) is 1. The Labute approximate surface area is 120 Å². The summed E-state index contributed by atoms with van der Waals surface area (Å²) in [6, 6.07) is 5.06. The van der Waals surface area contributed by atoms with Crippen molar-refractivity contribution in [3.05, 3.63) is 23.8 Å². The summed E-state index contributed by atoms with van der Waals surface area (Å²) >= 11 is 0. The Bertz CT molecular complexity index is 576. The van der Waals surface area contributed by atoms with Gasteiger partial charge in [-0.05, 0) is 29.5 Å². The largest absolute Gasteiger partial charge is 0.495 e. The fourth-order valence-corrected chi connectivity index (χ4v) is 4.31. The van der Waals surface area contributed by atoms with Gasteiger partial charge in [0.05, 0.1) is 7.11 Å². The van der Waals surface area contributed by atoms with Crippen molar-refractivity contribution < 1.29 is 13.2 Å². The zero-order valence-corrected chi connectivity index (χ0v) is 13.0. The third-order valence-corrected chi connectivity index (χ3v) is 5.89. The monoisotopic (exact) mass is 298 g/mol. The van der Waals surface area contributed by atoms with E-state index in [1.165, 1.54) is 7.11 Å². The van der Waals surface area contributed by atoms with Gasteiger partial charge in [0.2, 0.25) is 10.0 Å². The number of nitrogens with two attached hydrogens (primary N) is 1. The van der Waals surface area contributed by atoms with Crippen LogP contribution in [0, 0.1) is 11.8 Å². The molecule has 0 bridgehead atoms. The lowest BCUT2D eigenvalue weighted by Crippen LogP contribution is -2.29. The van der Waals surface area contributed by atoms with Gasteiger partial charge >= 0.3 is 0 Å². The molecule has 6 heteroatoms. The maximum absolute atomic E-state index is 12.8. The highest BCUT2D eigenvalue weighted by molar-refractivity contribution is 7.89. The molecule has 20 heavy (non-hydrogen) atoms. The predicted molar refractivity (Wildman–Crippen MR) is 78.0 cm³/mol. The second-order valence-corrected chi connectivity index (χ2v) is 7.37. The minimum atomic E-state index is -3.53. The van der Waals surface area contributed by atoms with E-state index in [9.17, 15) is 8.42 Å². The van der Waals surface area contributed by atoms with E-state index in [1.807, 2.05) is 0 Å². The van der Waals surface area contributed by atoms with E-state index < -0.39 is 10.0 Å². The molecule has 1 aromatic rings. The summed E-state index contributed by atoms with van der Waals surface area (Å²) in [7, 11) is -2.05. The van der Waals surface area contributed by atoms with E-state index in [0.717, 1.165) is 5.56 Å². The van der Waals surface area contributed by atoms with Crippen molar-refractivity contribution >= 4 is 10.0 Å². The zero-order valence-electron chi connectivity index (χ0n) is 12.2. The molecule has 1 fully saturated rings. The van der Waals surface area contributed by atoms with Crippen molar-refractivity contribution in [3.63, 3.8) is 0 Å². The third-order valence-electron chi connectivity index (χ3n) is 4.04. The van der Waals surface area contributed by atoms with Crippen molar-refractivity contribution in [1.82, 2.24) is 4.31 Å². The van der Waals surface area contributed by atoms with Gasteiger partial charge in [-0.3, -0.25) is 0 Å². The van der Waals surface area contributed by atoms with Crippen LogP contribution in [0.15, 0.2) is 23.1 Å². The molecule has 1 aliphatic heterocycles. The molecule has 112 valence electrons. The molecule has 0 saturated carbocycles. The van der Waals surface area contributed by atoms with Gasteiger partial charge < -0.3 is 10.5 Å². The van der Waals surface area contributed by atoms with Crippen LogP contribution in [0.5, 0.6) is 5.75 Å². The minimum Gasteiger partial charge on any atom is -0.495 e. The molecule has 1 aliphatic rings. The van der Waals surface area contributed by atoms with Gasteiger partial charge in [-0.15, -0.1) is 0 Å². The van der Waals surface area contributed by atoms with Crippen LogP contribution in [0.1, 0.15) is 19.4 Å². The van der Waals surface area contributed by atoms with Gasteiger partial charge in [-0.2, -0.15) is 4.31 Å². The first-order chi connectivity index (χ1) is 9.40. The first-order valence-corrected chi connectivity index (χ1v) is 8.21. The van der Waals surface area contributed by atoms with Gasteiger partial charge in [0, 0.05) is 19.6 Å². The molecular formula is C14H22N2O3S. The molecule has 0 aromatic heterocycles.